The van der Waals surface area contributed by atoms with Gasteiger partial charge < -0.3 is 4.90 Å². The van der Waals surface area contributed by atoms with Gasteiger partial charge in [0.2, 0.25) is 17.6 Å². The molecule has 2 aliphatic rings. The number of aryl methyl sites for hydroxylation is 1. The highest BCUT2D eigenvalue weighted by atomic mass is 35.5. The van der Waals surface area contributed by atoms with Gasteiger partial charge in [-0.1, -0.05) is 35.9 Å². The molecule has 0 spiro atoms. The Morgan fingerprint density at radius 1 is 1.25 bits per heavy atom. The Hall–Kier alpha value is -3.13. The Bertz CT molecular complexity index is 1340. The molecule has 9 heteroatoms. The van der Waals surface area contributed by atoms with Crippen LogP contribution in [0.4, 0.5) is 8.78 Å². The lowest BCUT2D eigenvalue weighted by Crippen LogP contribution is -2.52. The minimum atomic E-state index is -3.98. The molecule has 4 rings (SSSR count). The summed E-state index contributed by atoms with van der Waals surface area (Å²) in [7, 11) is 0. The molecule has 32 heavy (non-hydrogen) atoms. The number of carbonyl (C=O) groups is 4. The summed E-state index contributed by atoms with van der Waals surface area (Å²) in [6.07, 6.45) is -7.26. The average molecular weight is 466 g/mol. The van der Waals surface area contributed by atoms with Crippen molar-refractivity contribution in [1.82, 2.24) is 10.2 Å². The minimum Gasteiger partial charge on any atom is -0.322 e. The second kappa shape index (κ2) is 8.43. The predicted molar refractivity (Wildman–Crippen MR) is 111 cm³/mol. The molecule has 2 aliphatic heterocycles. The lowest BCUT2D eigenvalue weighted by molar-refractivity contribution is -0.144. The monoisotopic (exact) mass is 465 g/mol. The zero-order valence-electron chi connectivity index (χ0n) is 21.4. The van der Waals surface area contributed by atoms with Crippen molar-refractivity contribution in [2.45, 2.75) is 44.1 Å². The zero-order valence-corrected chi connectivity index (χ0v) is 17.1. The van der Waals surface area contributed by atoms with Gasteiger partial charge in [0.25, 0.3) is 5.91 Å². The van der Waals surface area contributed by atoms with Crippen molar-refractivity contribution < 1.29 is 34.8 Å². The standard InChI is InChI=1S/C23H19ClF2N2O4/c24-16-5-3-15(4-6-16)23(25,26)19(29)9-2-13-1-7-17-14(11-13)12-28(22(17)32)18-8-10-20(30)27-21(18)31/h1,3-7,11,18H,2,8-10,12H2,(H,27,30,31)/t18-/m1/s1/i2D2,10D2,18D. The van der Waals surface area contributed by atoms with Gasteiger partial charge in [0, 0.05) is 41.0 Å². The molecule has 3 amide bonds. The zero-order chi connectivity index (χ0) is 27.6. The van der Waals surface area contributed by atoms with E-state index in [2.05, 4.69) is 0 Å². The van der Waals surface area contributed by atoms with Gasteiger partial charge in [0.05, 0.1) is 1.37 Å². The van der Waals surface area contributed by atoms with Crippen molar-refractivity contribution in [2.75, 3.05) is 0 Å². The molecule has 0 saturated carbocycles. The topological polar surface area (TPSA) is 83.6 Å². The first-order valence-electron chi connectivity index (χ1n) is 12.0. The van der Waals surface area contributed by atoms with Gasteiger partial charge in [0.1, 0.15) is 6.02 Å². The summed E-state index contributed by atoms with van der Waals surface area (Å²) in [5.41, 5.74) is -0.675. The molecule has 2 aromatic carbocycles. The number of imide groups is 1. The van der Waals surface area contributed by atoms with E-state index in [0.717, 1.165) is 23.1 Å². The Balaban J connectivity index is 1.58. The Morgan fingerprint density at radius 2 is 1.97 bits per heavy atom. The summed E-state index contributed by atoms with van der Waals surface area (Å²) in [6.45, 7) is -0.395. The molecule has 1 saturated heterocycles. The van der Waals surface area contributed by atoms with E-state index in [1.165, 1.54) is 24.3 Å². The van der Waals surface area contributed by atoms with Crippen molar-refractivity contribution >= 4 is 35.1 Å². The van der Waals surface area contributed by atoms with Crippen LogP contribution >= 0.6 is 11.6 Å². The second-order valence-corrected chi connectivity index (χ2v) is 7.64. The first-order valence-corrected chi connectivity index (χ1v) is 9.85. The number of nitrogens with one attached hydrogen (secondary N) is 1. The van der Waals surface area contributed by atoms with Crippen LogP contribution in [-0.2, 0) is 33.2 Å². The third kappa shape index (κ3) is 4.14. The number of fused-ring (bicyclic) bond motifs is 1. The molecule has 2 heterocycles. The summed E-state index contributed by atoms with van der Waals surface area (Å²) in [5.74, 6) is -8.87. The van der Waals surface area contributed by atoms with Crippen LogP contribution in [0.5, 0.6) is 0 Å². The third-order valence-corrected chi connectivity index (χ3v) is 5.40. The van der Waals surface area contributed by atoms with Gasteiger partial charge >= 0.3 is 5.92 Å². The van der Waals surface area contributed by atoms with Crippen LogP contribution in [-0.4, -0.2) is 34.4 Å². The highest BCUT2D eigenvalue weighted by Gasteiger charge is 2.41. The van der Waals surface area contributed by atoms with Crippen LogP contribution in [0.2, 0.25) is 5.02 Å². The van der Waals surface area contributed by atoms with Gasteiger partial charge in [-0.3, -0.25) is 24.5 Å². The van der Waals surface area contributed by atoms with E-state index < -0.39 is 73.1 Å². The molecule has 166 valence electrons. The number of carbonyl (C=O) groups excluding carboxylic acids is 4. The number of benzene rings is 2. The number of rotatable bonds is 6. The molecule has 0 unspecified atom stereocenters. The maximum atomic E-state index is 14.7. The summed E-state index contributed by atoms with van der Waals surface area (Å²) in [5, 5.41) is 1.95. The van der Waals surface area contributed by atoms with Gasteiger partial charge in [-0.05, 0) is 42.1 Å². The van der Waals surface area contributed by atoms with E-state index in [1.807, 2.05) is 0 Å². The molecule has 1 fully saturated rings. The van der Waals surface area contributed by atoms with Crippen molar-refractivity contribution in [3.05, 3.63) is 69.7 Å². The van der Waals surface area contributed by atoms with Gasteiger partial charge in [0.15, 0.2) is 0 Å². The van der Waals surface area contributed by atoms with Crippen molar-refractivity contribution in [2.24, 2.45) is 0 Å². The van der Waals surface area contributed by atoms with Crippen molar-refractivity contribution in [3.8, 4) is 0 Å². The fourth-order valence-corrected chi connectivity index (χ4v) is 3.57. The molecule has 6 nitrogen and oxygen atoms in total. The smallest absolute Gasteiger partial charge is 0.322 e. The van der Waals surface area contributed by atoms with E-state index in [4.69, 9.17) is 18.5 Å². The number of halogens is 3. The summed E-state index contributed by atoms with van der Waals surface area (Å²) >= 11 is 5.70. The predicted octanol–water partition coefficient (Wildman–Crippen LogP) is 3.39. The molecule has 2 aromatic rings. The van der Waals surface area contributed by atoms with Gasteiger partial charge in [-0.15, -0.1) is 0 Å². The van der Waals surface area contributed by atoms with E-state index in [9.17, 15) is 28.0 Å². The summed E-state index contributed by atoms with van der Waals surface area (Å²) in [6, 6.07) is 5.38. The van der Waals surface area contributed by atoms with Crippen LogP contribution < -0.4 is 5.32 Å². The summed E-state index contributed by atoms with van der Waals surface area (Å²) < 4.78 is 70.0. The van der Waals surface area contributed by atoms with Crippen LogP contribution in [0, 0.1) is 0 Å². The molecule has 0 bridgehead atoms. The number of hydrogen-bond acceptors (Lipinski definition) is 4. The number of Topliss-reactive ketones (excluding diaryl/α,β-unsaturated/α-hetero) is 1. The average Bonchev–Trinajstić information content (AvgIpc) is 3.14. The molecule has 0 radical (unpaired) electrons. The number of piperidine rings is 1. The molecular weight excluding hydrogens is 442 g/mol. The normalized spacial score (nSPS) is 25.2. The molecular formula is C23H19ClF2N2O4. The number of alkyl halides is 2. The van der Waals surface area contributed by atoms with Crippen molar-refractivity contribution in [3.63, 3.8) is 0 Å². The van der Waals surface area contributed by atoms with E-state index >= 15 is 0 Å². The fraction of sp³-hybridized carbons (Fsp3) is 0.304. The third-order valence-electron chi connectivity index (χ3n) is 5.15. The van der Waals surface area contributed by atoms with Crippen molar-refractivity contribution in [1.29, 1.82) is 0 Å². The maximum absolute atomic E-state index is 14.7. The largest absolute Gasteiger partial charge is 0.330 e. The Labute approximate surface area is 194 Å². The van der Waals surface area contributed by atoms with Crippen LogP contribution in [0.1, 0.15) is 53.1 Å². The van der Waals surface area contributed by atoms with Gasteiger partial charge in [-0.25, -0.2) is 0 Å². The number of ketones is 1. The minimum absolute atomic E-state index is 0.00532. The molecule has 1 atom stereocenters. The second-order valence-electron chi connectivity index (χ2n) is 7.20. The van der Waals surface area contributed by atoms with Crippen LogP contribution in [0.3, 0.4) is 0 Å². The SMILES string of the molecule is [2H]C1([2H])C[C@@]([2H])(N2Cc3cc(C([2H])([2H])CC(=O)C(F)(F)c4ccc(Cl)cc4)ccc3C2=O)C(=O)NC1=O. The molecule has 0 aliphatic carbocycles. The van der Waals surface area contributed by atoms with Crippen LogP contribution in [0.25, 0.3) is 0 Å². The van der Waals surface area contributed by atoms with E-state index in [-0.39, 0.29) is 21.7 Å². The first-order chi connectivity index (χ1) is 17.0. The van der Waals surface area contributed by atoms with Crippen LogP contribution in [0.15, 0.2) is 42.5 Å². The first kappa shape index (κ1) is 16.5. The number of amides is 3. The maximum Gasteiger partial charge on any atom is 0.330 e. The van der Waals surface area contributed by atoms with E-state index in [1.54, 1.807) is 5.32 Å². The molecule has 1 N–H and O–H groups in total. The lowest BCUT2D eigenvalue weighted by atomic mass is 9.97. The van der Waals surface area contributed by atoms with Gasteiger partial charge in [-0.2, -0.15) is 8.78 Å². The molecule has 0 aromatic heterocycles. The fourth-order valence-electron chi connectivity index (χ4n) is 3.44. The number of hydrogen-bond donors (Lipinski definition) is 1. The Kier molecular flexibility index (Phi) is 4.34. The number of nitrogens with zero attached hydrogens (tertiary/aromatic N) is 1. The van der Waals surface area contributed by atoms with E-state index in [0.29, 0.717) is 0 Å². The highest BCUT2D eigenvalue weighted by Crippen LogP contribution is 2.32. The summed E-state index contributed by atoms with van der Waals surface area (Å²) in [4.78, 5) is 50.3. The Morgan fingerprint density at radius 3 is 2.69 bits per heavy atom. The highest BCUT2D eigenvalue weighted by molar-refractivity contribution is 6.30. The quantitative estimate of drug-likeness (QED) is 0.663. The lowest BCUT2D eigenvalue weighted by Gasteiger charge is -2.29.